The molecule has 3 N–H and O–H groups in total. The molecule has 2 nitrogen and oxygen atoms in total. The van der Waals surface area contributed by atoms with Crippen LogP contribution in [0.1, 0.15) is 65.7 Å². The van der Waals surface area contributed by atoms with Crippen LogP contribution < -0.4 is 5.73 Å². The maximum absolute atomic E-state index is 10.5. The zero-order valence-corrected chi connectivity index (χ0v) is 11.3. The fourth-order valence-corrected chi connectivity index (χ4v) is 2.90. The molecule has 0 aromatic carbocycles. The van der Waals surface area contributed by atoms with E-state index in [2.05, 4.69) is 20.8 Å². The van der Waals surface area contributed by atoms with Gasteiger partial charge < -0.3 is 10.8 Å². The van der Waals surface area contributed by atoms with E-state index in [1.165, 1.54) is 25.7 Å². The van der Waals surface area contributed by atoms with Crippen LogP contribution in [-0.4, -0.2) is 17.8 Å². The van der Waals surface area contributed by atoms with E-state index in [4.69, 9.17) is 5.73 Å². The summed E-state index contributed by atoms with van der Waals surface area (Å²) in [7, 11) is 0. The molecule has 0 heterocycles. The highest BCUT2D eigenvalue weighted by atomic mass is 16.3. The average Bonchev–Trinajstić information content (AvgIpc) is 2.40. The summed E-state index contributed by atoms with van der Waals surface area (Å²) in [4.78, 5) is 0. The van der Waals surface area contributed by atoms with Gasteiger partial charge in [0.1, 0.15) is 0 Å². The van der Waals surface area contributed by atoms with E-state index in [-0.39, 0.29) is 16.9 Å². The number of nitrogens with two attached hydrogens (primary N) is 1. The van der Waals surface area contributed by atoms with Crippen molar-refractivity contribution in [2.24, 2.45) is 16.6 Å². The SMILES string of the molecule is CC(C)(C)CC(O)C1(CN)CCCCCC1. The number of aliphatic hydroxyl groups excluding tert-OH is 1. The molecule has 0 saturated heterocycles. The molecule has 1 saturated carbocycles. The molecule has 16 heavy (non-hydrogen) atoms. The lowest BCUT2D eigenvalue weighted by Gasteiger charge is -2.39. The molecule has 1 aliphatic rings. The Bertz CT molecular complexity index is 199. The summed E-state index contributed by atoms with van der Waals surface area (Å²) in [5.74, 6) is 0. The minimum absolute atomic E-state index is 0.00375. The fraction of sp³-hybridized carbons (Fsp3) is 1.00. The van der Waals surface area contributed by atoms with E-state index in [1.807, 2.05) is 0 Å². The molecule has 0 aliphatic heterocycles. The fourth-order valence-electron chi connectivity index (χ4n) is 2.90. The van der Waals surface area contributed by atoms with Gasteiger partial charge in [0.05, 0.1) is 6.10 Å². The monoisotopic (exact) mass is 227 g/mol. The average molecular weight is 227 g/mol. The number of hydrogen-bond donors (Lipinski definition) is 2. The van der Waals surface area contributed by atoms with Gasteiger partial charge in [-0.25, -0.2) is 0 Å². The van der Waals surface area contributed by atoms with E-state index in [0.717, 1.165) is 19.3 Å². The van der Waals surface area contributed by atoms with Crippen molar-refractivity contribution in [3.63, 3.8) is 0 Å². The highest BCUT2D eigenvalue weighted by Crippen LogP contribution is 2.41. The lowest BCUT2D eigenvalue weighted by Crippen LogP contribution is -2.43. The first-order valence-corrected chi connectivity index (χ1v) is 6.78. The second-order valence-electron chi connectivity index (χ2n) is 6.76. The first-order valence-electron chi connectivity index (χ1n) is 6.78. The van der Waals surface area contributed by atoms with Gasteiger partial charge in [-0.05, 0) is 24.7 Å². The molecule has 1 aliphatic carbocycles. The summed E-state index contributed by atoms with van der Waals surface area (Å²) in [5.41, 5.74) is 6.16. The highest BCUT2D eigenvalue weighted by molar-refractivity contribution is 4.90. The number of rotatable bonds is 3. The normalized spacial score (nSPS) is 23.8. The van der Waals surface area contributed by atoms with Gasteiger partial charge in [-0.2, -0.15) is 0 Å². The Balaban J connectivity index is 2.69. The lowest BCUT2D eigenvalue weighted by atomic mass is 9.70. The second kappa shape index (κ2) is 5.50. The van der Waals surface area contributed by atoms with Crippen LogP contribution in [0.3, 0.4) is 0 Å². The summed E-state index contributed by atoms with van der Waals surface area (Å²) in [6, 6.07) is 0. The van der Waals surface area contributed by atoms with Crippen molar-refractivity contribution in [2.75, 3.05) is 6.54 Å². The molecule has 0 aromatic rings. The highest BCUT2D eigenvalue weighted by Gasteiger charge is 2.38. The Morgan fingerprint density at radius 3 is 2.00 bits per heavy atom. The van der Waals surface area contributed by atoms with Gasteiger partial charge in [-0.3, -0.25) is 0 Å². The van der Waals surface area contributed by atoms with Gasteiger partial charge in [0, 0.05) is 12.0 Å². The minimum atomic E-state index is -0.226. The van der Waals surface area contributed by atoms with Crippen LogP contribution in [0.4, 0.5) is 0 Å². The maximum atomic E-state index is 10.5. The van der Waals surface area contributed by atoms with E-state index >= 15 is 0 Å². The summed E-state index contributed by atoms with van der Waals surface area (Å²) in [6.07, 6.45) is 7.95. The molecular formula is C14H29NO. The minimum Gasteiger partial charge on any atom is -0.392 e. The first kappa shape index (κ1) is 14.0. The van der Waals surface area contributed by atoms with Gasteiger partial charge in [-0.1, -0.05) is 46.5 Å². The van der Waals surface area contributed by atoms with E-state index < -0.39 is 0 Å². The number of aliphatic hydroxyl groups is 1. The molecule has 2 heteroatoms. The summed E-state index contributed by atoms with van der Waals surface area (Å²) in [5, 5.41) is 10.5. The van der Waals surface area contributed by atoms with Crippen LogP contribution in [0.15, 0.2) is 0 Å². The van der Waals surface area contributed by atoms with Crippen LogP contribution in [-0.2, 0) is 0 Å². The molecule has 0 amide bonds. The third kappa shape index (κ3) is 3.74. The van der Waals surface area contributed by atoms with Gasteiger partial charge in [0.2, 0.25) is 0 Å². The van der Waals surface area contributed by atoms with Crippen molar-refractivity contribution in [1.82, 2.24) is 0 Å². The quantitative estimate of drug-likeness (QED) is 0.728. The van der Waals surface area contributed by atoms with Crippen LogP contribution in [0, 0.1) is 10.8 Å². The molecule has 0 bridgehead atoms. The van der Waals surface area contributed by atoms with Crippen LogP contribution in [0.25, 0.3) is 0 Å². The summed E-state index contributed by atoms with van der Waals surface area (Å²) < 4.78 is 0. The molecule has 1 atom stereocenters. The molecule has 0 spiro atoms. The van der Waals surface area contributed by atoms with Gasteiger partial charge >= 0.3 is 0 Å². The Morgan fingerprint density at radius 2 is 1.62 bits per heavy atom. The first-order chi connectivity index (χ1) is 7.40. The van der Waals surface area contributed by atoms with Gasteiger partial charge in [0.25, 0.3) is 0 Å². The van der Waals surface area contributed by atoms with E-state index in [1.54, 1.807) is 0 Å². The summed E-state index contributed by atoms with van der Waals surface area (Å²) in [6.45, 7) is 7.22. The molecule has 0 radical (unpaired) electrons. The van der Waals surface area contributed by atoms with E-state index in [9.17, 15) is 5.11 Å². The Morgan fingerprint density at radius 1 is 1.12 bits per heavy atom. The topological polar surface area (TPSA) is 46.2 Å². The maximum Gasteiger partial charge on any atom is 0.0613 e. The van der Waals surface area contributed by atoms with Crippen molar-refractivity contribution in [3.8, 4) is 0 Å². The molecule has 1 rings (SSSR count). The van der Waals surface area contributed by atoms with Crippen molar-refractivity contribution in [2.45, 2.75) is 71.8 Å². The Hall–Kier alpha value is -0.0800. The van der Waals surface area contributed by atoms with Crippen LogP contribution in [0.5, 0.6) is 0 Å². The van der Waals surface area contributed by atoms with Crippen LogP contribution in [0.2, 0.25) is 0 Å². The largest absolute Gasteiger partial charge is 0.392 e. The van der Waals surface area contributed by atoms with Gasteiger partial charge in [0.15, 0.2) is 0 Å². The smallest absolute Gasteiger partial charge is 0.0613 e. The number of hydrogen-bond acceptors (Lipinski definition) is 2. The van der Waals surface area contributed by atoms with Gasteiger partial charge in [-0.15, -0.1) is 0 Å². The van der Waals surface area contributed by atoms with Crippen molar-refractivity contribution < 1.29 is 5.11 Å². The van der Waals surface area contributed by atoms with E-state index in [0.29, 0.717) is 6.54 Å². The molecular weight excluding hydrogens is 198 g/mol. The van der Waals surface area contributed by atoms with Crippen molar-refractivity contribution in [1.29, 1.82) is 0 Å². The third-order valence-electron chi connectivity index (χ3n) is 4.02. The van der Waals surface area contributed by atoms with Crippen molar-refractivity contribution >= 4 is 0 Å². The second-order valence-corrected chi connectivity index (χ2v) is 6.76. The van der Waals surface area contributed by atoms with Crippen LogP contribution >= 0.6 is 0 Å². The standard InChI is InChI=1S/C14H29NO/c1-13(2,3)10-12(16)14(11-15)8-6-4-5-7-9-14/h12,16H,4-11,15H2,1-3H3. The summed E-state index contributed by atoms with van der Waals surface area (Å²) >= 11 is 0. The Labute approximate surface area is 101 Å². The zero-order valence-electron chi connectivity index (χ0n) is 11.3. The molecule has 1 unspecified atom stereocenters. The third-order valence-corrected chi connectivity index (χ3v) is 4.02. The molecule has 96 valence electrons. The molecule has 0 aromatic heterocycles. The predicted octanol–water partition coefficient (Wildman–Crippen LogP) is 3.08. The lowest BCUT2D eigenvalue weighted by molar-refractivity contribution is -0.00886. The molecule has 1 fully saturated rings. The zero-order chi connectivity index (χ0) is 12.2. The van der Waals surface area contributed by atoms with Crippen molar-refractivity contribution in [3.05, 3.63) is 0 Å². The predicted molar refractivity (Wildman–Crippen MR) is 69.3 cm³/mol. The Kier molecular flexibility index (Phi) is 4.81.